The third-order valence-corrected chi connectivity index (χ3v) is 1.81. The molecule has 0 atom stereocenters. The predicted molar refractivity (Wildman–Crippen MR) is 56.2 cm³/mol. The molecular weight excluding hydrogens is 178 g/mol. The molecule has 0 fully saturated rings. The van der Waals surface area contributed by atoms with E-state index in [-0.39, 0.29) is 0 Å². The van der Waals surface area contributed by atoms with Crippen LogP contribution in [0.4, 0.5) is 4.79 Å². The van der Waals surface area contributed by atoms with Gasteiger partial charge in [-0.2, -0.15) is 5.10 Å². The summed E-state index contributed by atoms with van der Waals surface area (Å²) in [5.41, 5.74) is 10.2. The van der Waals surface area contributed by atoms with E-state index in [4.69, 9.17) is 5.73 Å². The zero-order valence-corrected chi connectivity index (χ0v) is 8.24. The Bertz CT molecular complexity index is 372. The molecule has 1 aromatic rings. The molecule has 0 aromatic heterocycles. The van der Waals surface area contributed by atoms with Crippen LogP contribution in [0, 0.1) is 13.8 Å². The number of nitrogens with zero attached hydrogens (tertiary/aromatic N) is 1. The van der Waals surface area contributed by atoms with Crippen LogP contribution in [0.2, 0.25) is 0 Å². The summed E-state index contributed by atoms with van der Waals surface area (Å²) in [5.74, 6) is 0. The van der Waals surface area contributed by atoms with Crippen molar-refractivity contribution < 1.29 is 4.79 Å². The number of nitrogens with one attached hydrogen (secondary N) is 1. The van der Waals surface area contributed by atoms with Gasteiger partial charge in [0.1, 0.15) is 0 Å². The third-order valence-electron chi connectivity index (χ3n) is 1.81. The van der Waals surface area contributed by atoms with Gasteiger partial charge in [0.25, 0.3) is 0 Å². The molecule has 1 aromatic carbocycles. The lowest BCUT2D eigenvalue weighted by Gasteiger charge is -2.00. The minimum Gasteiger partial charge on any atom is -0.350 e. The average Bonchev–Trinajstić information content (AvgIpc) is 2.10. The Labute approximate surface area is 82.8 Å². The van der Waals surface area contributed by atoms with Gasteiger partial charge in [0.05, 0.1) is 6.21 Å². The molecule has 3 N–H and O–H groups in total. The van der Waals surface area contributed by atoms with Gasteiger partial charge in [-0.25, -0.2) is 10.2 Å². The highest BCUT2D eigenvalue weighted by Crippen LogP contribution is 2.07. The molecule has 14 heavy (non-hydrogen) atoms. The van der Waals surface area contributed by atoms with Crippen LogP contribution in [0.25, 0.3) is 0 Å². The molecule has 74 valence electrons. The van der Waals surface area contributed by atoms with Crippen molar-refractivity contribution in [3.8, 4) is 0 Å². The second-order valence-electron chi connectivity index (χ2n) is 3.09. The highest BCUT2D eigenvalue weighted by Gasteiger charge is 1.94. The molecule has 0 saturated carbocycles. The number of hydrazone groups is 1. The zero-order chi connectivity index (χ0) is 10.6. The highest BCUT2D eigenvalue weighted by molar-refractivity contribution is 5.83. The maximum Gasteiger partial charge on any atom is 0.332 e. The summed E-state index contributed by atoms with van der Waals surface area (Å²) in [6.07, 6.45) is 1.58. The second-order valence-corrected chi connectivity index (χ2v) is 3.09. The first-order valence-corrected chi connectivity index (χ1v) is 4.25. The number of benzene rings is 1. The lowest BCUT2D eigenvalue weighted by Crippen LogP contribution is -2.24. The third kappa shape index (κ3) is 2.90. The molecule has 4 heteroatoms. The van der Waals surface area contributed by atoms with E-state index in [2.05, 4.69) is 10.5 Å². The number of rotatable bonds is 2. The molecule has 0 unspecified atom stereocenters. The summed E-state index contributed by atoms with van der Waals surface area (Å²) in [6, 6.07) is 5.35. The van der Waals surface area contributed by atoms with Crippen molar-refractivity contribution in [2.24, 2.45) is 10.8 Å². The van der Waals surface area contributed by atoms with E-state index in [1.165, 1.54) is 0 Å². The lowest BCUT2D eigenvalue weighted by atomic mass is 10.1. The number of urea groups is 1. The van der Waals surface area contributed by atoms with Crippen LogP contribution in [0.15, 0.2) is 23.3 Å². The molecule has 4 nitrogen and oxygen atoms in total. The standard InChI is InChI=1S/C10H13N3O/c1-7-3-4-8(2)9(5-7)6-12-13-10(11)14/h3-6H,1-2H3,(H3,11,13,14)/b12-6-. The summed E-state index contributed by atoms with van der Waals surface area (Å²) in [4.78, 5) is 10.3. The van der Waals surface area contributed by atoms with Crippen molar-refractivity contribution >= 4 is 12.2 Å². The first kappa shape index (κ1) is 10.2. The van der Waals surface area contributed by atoms with Gasteiger partial charge in [0.15, 0.2) is 0 Å². The topological polar surface area (TPSA) is 67.5 Å². The van der Waals surface area contributed by atoms with Gasteiger partial charge >= 0.3 is 6.03 Å². The lowest BCUT2D eigenvalue weighted by molar-refractivity contribution is 0.249. The monoisotopic (exact) mass is 191 g/mol. The highest BCUT2D eigenvalue weighted by atomic mass is 16.2. The molecule has 0 heterocycles. The number of primary amides is 1. The fraction of sp³-hybridized carbons (Fsp3) is 0.200. The molecule has 0 saturated heterocycles. The molecule has 0 aliphatic rings. The maximum atomic E-state index is 10.3. The Hall–Kier alpha value is -1.84. The molecule has 2 amide bonds. The first-order chi connectivity index (χ1) is 6.59. The molecular formula is C10H13N3O. The largest absolute Gasteiger partial charge is 0.350 e. The Morgan fingerprint density at radius 3 is 2.86 bits per heavy atom. The van der Waals surface area contributed by atoms with Crippen molar-refractivity contribution in [3.63, 3.8) is 0 Å². The fourth-order valence-electron chi connectivity index (χ4n) is 1.06. The van der Waals surface area contributed by atoms with E-state index in [1.807, 2.05) is 32.0 Å². The summed E-state index contributed by atoms with van der Waals surface area (Å²) in [5, 5.41) is 3.69. The first-order valence-electron chi connectivity index (χ1n) is 4.25. The second kappa shape index (κ2) is 4.41. The Morgan fingerprint density at radius 2 is 2.21 bits per heavy atom. The van der Waals surface area contributed by atoms with Crippen molar-refractivity contribution in [1.82, 2.24) is 5.43 Å². The van der Waals surface area contributed by atoms with Crippen LogP contribution in [0.3, 0.4) is 0 Å². The molecule has 0 aliphatic carbocycles. The van der Waals surface area contributed by atoms with E-state index in [1.54, 1.807) is 6.21 Å². The minimum absolute atomic E-state index is 0.661. The van der Waals surface area contributed by atoms with E-state index in [0.29, 0.717) is 0 Å². The number of hydrogen-bond donors (Lipinski definition) is 2. The Balaban J connectivity index is 2.80. The number of carbonyl (C=O) groups excluding carboxylic acids is 1. The van der Waals surface area contributed by atoms with Gasteiger partial charge in [0.2, 0.25) is 0 Å². The van der Waals surface area contributed by atoms with E-state index in [9.17, 15) is 4.79 Å². The SMILES string of the molecule is Cc1ccc(C)c(/C=N\NC(N)=O)c1. The predicted octanol–water partition coefficient (Wildman–Crippen LogP) is 1.31. The van der Waals surface area contributed by atoms with Gasteiger partial charge in [-0.1, -0.05) is 23.8 Å². The Kier molecular flexibility index (Phi) is 3.23. The van der Waals surface area contributed by atoms with Crippen LogP contribution >= 0.6 is 0 Å². The quantitative estimate of drug-likeness (QED) is 0.537. The summed E-state index contributed by atoms with van der Waals surface area (Å²) in [6.45, 7) is 3.98. The van der Waals surface area contributed by atoms with Crippen LogP contribution in [0.1, 0.15) is 16.7 Å². The zero-order valence-electron chi connectivity index (χ0n) is 8.24. The van der Waals surface area contributed by atoms with Crippen LogP contribution in [-0.4, -0.2) is 12.2 Å². The van der Waals surface area contributed by atoms with Gasteiger partial charge in [-0.15, -0.1) is 0 Å². The Morgan fingerprint density at radius 1 is 1.50 bits per heavy atom. The van der Waals surface area contributed by atoms with Gasteiger partial charge < -0.3 is 5.73 Å². The molecule has 1 rings (SSSR count). The van der Waals surface area contributed by atoms with Gasteiger partial charge in [0, 0.05) is 0 Å². The summed E-state index contributed by atoms with van der Waals surface area (Å²) >= 11 is 0. The number of carbonyl (C=O) groups is 1. The van der Waals surface area contributed by atoms with Crippen LogP contribution in [-0.2, 0) is 0 Å². The molecule has 0 spiro atoms. The number of nitrogens with two attached hydrogens (primary N) is 1. The molecule has 0 aliphatic heterocycles. The fourth-order valence-corrected chi connectivity index (χ4v) is 1.06. The maximum absolute atomic E-state index is 10.3. The van der Waals surface area contributed by atoms with Crippen molar-refractivity contribution in [2.75, 3.05) is 0 Å². The van der Waals surface area contributed by atoms with Crippen molar-refractivity contribution in [2.45, 2.75) is 13.8 Å². The minimum atomic E-state index is -0.661. The molecule has 0 bridgehead atoms. The molecule has 0 radical (unpaired) electrons. The number of hydrogen-bond acceptors (Lipinski definition) is 2. The van der Waals surface area contributed by atoms with Crippen LogP contribution < -0.4 is 11.2 Å². The van der Waals surface area contributed by atoms with E-state index < -0.39 is 6.03 Å². The summed E-state index contributed by atoms with van der Waals surface area (Å²) in [7, 11) is 0. The van der Waals surface area contributed by atoms with Crippen molar-refractivity contribution in [3.05, 3.63) is 34.9 Å². The normalized spacial score (nSPS) is 10.4. The van der Waals surface area contributed by atoms with Gasteiger partial charge in [-0.3, -0.25) is 0 Å². The van der Waals surface area contributed by atoms with E-state index in [0.717, 1.165) is 16.7 Å². The van der Waals surface area contributed by atoms with Gasteiger partial charge in [-0.05, 0) is 25.0 Å². The average molecular weight is 191 g/mol. The van der Waals surface area contributed by atoms with Crippen molar-refractivity contribution in [1.29, 1.82) is 0 Å². The number of amides is 2. The number of aryl methyl sites for hydroxylation is 2. The smallest absolute Gasteiger partial charge is 0.332 e. The van der Waals surface area contributed by atoms with Crippen LogP contribution in [0.5, 0.6) is 0 Å². The van der Waals surface area contributed by atoms with E-state index >= 15 is 0 Å². The summed E-state index contributed by atoms with van der Waals surface area (Å²) < 4.78 is 0.